The summed E-state index contributed by atoms with van der Waals surface area (Å²) in [6, 6.07) is 10.9. The summed E-state index contributed by atoms with van der Waals surface area (Å²) in [6.07, 6.45) is 3.50. The third-order valence-corrected chi connectivity index (χ3v) is 5.44. The van der Waals surface area contributed by atoms with Crippen LogP contribution in [0.2, 0.25) is 0 Å². The fourth-order valence-corrected chi connectivity index (χ4v) is 3.55. The average Bonchev–Trinajstić information content (AvgIpc) is 3.29. The van der Waals surface area contributed by atoms with Crippen LogP contribution in [-0.2, 0) is 12.6 Å². The van der Waals surface area contributed by atoms with Gasteiger partial charge in [-0.15, -0.1) is 5.10 Å². The summed E-state index contributed by atoms with van der Waals surface area (Å²) in [5, 5.41) is 19.2. The third kappa shape index (κ3) is 5.31. The number of aryl methyl sites for hydroxylation is 1. The molecule has 4 aromatic rings. The Hall–Kier alpha value is -4.38. The molecule has 0 spiro atoms. The van der Waals surface area contributed by atoms with Crippen molar-refractivity contribution < 1.29 is 9.53 Å². The van der Waals surface area contributed by atoms with Crippen LogP contribution in [0.5, 0.6) is 5.75 Å². The van der Waals surface area contributed by atoms with Gasteiger partial charge in [0.2, 0.25) is 0 Å². The lowest BCUT2D eigenvalue weighted by Crippen LogP contribution is -2.30. The molecular weight excluding hydrogens is 458 g/mol. The lowest BCUT2D eigenvalue weighted by atomic mass is 10.0. The van der Waals surface area contributed by atoms with Crippen molar-refractivity contribution in [3.05, 3.63) is 60.2 Å². The molecule has 0 atom stereocenters. The molecule has 0 aliphatic rings. The summed E-state index contributed by atoms with van der Waals surface area (Å²) in [5.74, 6) is 2.02. The average molecular weight is 488 g/mol. The zero-order valence-corrected chi connectivity index (χ0v) is 20.9. The molecule has 4 rings (SSSR count). The van der Waals surface area contributed by atoms with E-state index in [4.69, 9.17) is 10.5 Å². The molecule has 0 saturated carbocycles. The molecule has 0 saturated heterocycles. The van der Waals surface area contributed by atoms with Crippen LogP contribution in [0.25, 0.3) is 11.4 Å². The van der Waals surface area contributed by atoms with Crippen LogP contribution < -0.4 is 21.1 Å². The summed E-state index contributed by atoms with van der Waals surface area (Å²) in [6.45, 7) is 5.53. The van der Waals surface area contributed by atoms with Gasteiger partial charge in [-0.2, -0.15) is 10.2 Å². The quantitative estimate of drug-likeness (QED) is 0.297. The number of nitrogens with zero attached hydrogens (tertiary/aromatic N) is 6. The molecule has 0 radical (unpaired) electrons. The van der Waals surface area contributed by atoms with Crippen molar-refractivity contribution in [3.63, 3.8) is 0 Å². The summed E-state index contributed by atoms with van der Waals surface area (Å²) in [4.78, 5) is 21.4. The van der Waals surface area contributed by atoms with Crippen molar-refractivity contribution >= 4 is 28.8 Å². The van der Waals surface area contributed by atoms with Crippen molar-refractivity contribution in [2.75, 3.05) is 17.7 Å². The zero-order chi connectivity index (χ0) is 25.9. The van der Waals surface area contributed by atoms with Gasteiger partial charge in [0.15, 0.2) is 23.2 Å². The minimum absolute atomic E-state index is 0.0487. The number of aromatic nitrogens is 6. The number of pyridine rings is 1. The Balaban J connectivity index is 1.69. The molecule has 0 aliphatic carbocycles. The smallest absolute Gasteiger partial charge is 0.184 e. The summed E-state index contributed by atoms with van der Waals surface area (Å²) in [7, 11) is 3.38. The molecule has 11 heteroatoms. The van der Waals surface area contributed by atoms with Gasteiger partial charge >= 0.3 is 0 Å². The SMILES string of the molecule is CCC(=O)c1cnc(Nc2ccc(C(C)(C)N)nn2)cc1Nc1cccc(-c2ncn(C)n2)c1OC. The maximum absolute atomic E-state index is 12.7. The molecule has 0 unspecified atom stereocenters. The number of anilines is 4. The third-order valence-electron chi connectivity index (χ3n) is 5.44. The number of ketones is 1. The number of carbonyl (C=O) groups excluding carboxylic acids is 1. The topological polar surface area (TPSA) is 146 Å². The molecule has 1 aromatic carbocycles. The number of benzene rings is 1. The van der Waals surface area contributed by atoms with Crippen molar-refractivity contribution in [3.8, 4) is 17.1 Å². The Morgan fingerprint density at radius 3 is 2.50 bits per heavy atom. The lowest BCUT2D eigenvalue weighted by molar-refractivity contribution is 0.0988. The second-order valence-corrected chi connectivity index (χ2v) is 8.80. The molecule has 186 valence electrons. The summed E-state index contributed by atoms with van der Waals surface area (Å²) >= 11 is 0. The van der Waals surface area contributed by atoms with Crippen LogP contribution in [0.3, 0.4) is 0 Å². The van der Waals surface area contributed by atoms with E-state index in [1.54, 1.807) is 37.3 Å². The van der Waals surface area contributed by atoms with E-state index in [-0.39, 0.29) is 5.78 Å². The zero-order valence-electron chi connectivity index (χ0n) is 20.9. The number of carbonyl (C=O) groups is 1. The van der Waals surface area contributed by atoms with Crippen LogP contribution in [0.15, 0.2) is 48.9 Å². The molecule has 4 N–H and O–H groups in total. The van der Waals surface area contributed by atoms with E-state index in [2.05, 4.69) is 35.9 Å². The van der Waals surface area contributed by atoms with E-state index < -0.39 is 5.54 Å². The molecule has 0 amide bonds. The van der Waals surface area contributed by atoms with Crippen LogP contribution >= 0.6 is 0 Å². The fourth-order valence-electron chi connectivity index (χ4n) is 3.55. The van der Waals surface area contributed by atoms with Gasteiger partial charge in [0.25, 0.3) is 0 Å². The van der Waals surface area contributed by atoms with Crippen LogP contribution in [-0.4, -0.2) is 42.8 Å². The van der Waals surface area contributed by atoms with Crippen LogP contribution in [0.4, 0.5) is 23.0 Å². The Bertz CT molecular complexity index is 1380. The van der Waals surface area contributed by atoms with Gasteiger partial charge in [0.1, 0.15) is 12.1 Å². The maximum atomic E-state index is 12.7. The van der Waals surface area contributed by atoms with Gasteiger partial charge in [-0.1, -0.05) is 13.0 Å². The van der Waals surface area contributed by atoms with Crippen molar-refractivity contribution in [1.29, 1.82) is 0 Å². The lowest BCUT2D eigenvalue weighted by Gasteiger charge is -2.18. The highest BCUT2D eigenvalue weighted by atomic mass is 16.5. The molecule has 0 aliphatic heterocycles. The molecule has 3 heterocycles. The predicted molar refractivity (Wildman–Crippen MR) is 138 cm³/mol. The molecule has 11 nitrogen and oxygen atoms in total. The number of nitrogens with two attached hydrogens (primary N) is 1. The minimum atomic E-state index is -0.596. The Morgan fingerprint density at radius 2 is 1.89 bits per heavy atom. The second-order valence-electron chi connectivity index (χ2n) is 8.80. The number of methoxy groups -OCH3 is 1. The van der Waals surface area contributed by atoms with Crippen LogP contribution in [0, 0.1) is 0 Å². The van der Waals surface area contributed by atoms with E-state index in [0.29, 0.717) is 52.3 Å². The van der Waals surface area contributed by atoms with Gasteiger partial charge in [0.05, 0.1) is 40.8 Å². The van der Waals surface area contributed by atoms with E-state index in [1.807, 2.05) is 45.0 Å². The highest BCUT2D eigenvalue weighted by molar-refractivity contribution is 6.02. The Morgan fingerprint density at radius 1 is 1.08 bits per heavy atom. The monoisotopic (exact) mass is 487 g/mol. The number of Topliss-reactive ketones (excluding diaryl/α,β-unsaturated/α-hetero) is 1. The van der Waals surface area contributed by atoms with Crippen molar-refractivity contribution in [1.82, 2.24) is 29.9 Å². The first-order valence-corrected chi connectivity index (χ1v) is 11.4. The minimum Gasteiger partial charge on any atom is -0.494 e. The van der Waals surface area contributed by atoms with Gasteiger partial charge in [-0.25, -0.2) is 9.97 Å². The van der Waals surface area contributed by atoms with Gasteiger partial charge in [-0.3, -0.25) is 9.48 Å². The van der Waals surface area contributed by atoms with Crippen LogP contribution in [0.1, 0.15) is 43.2 Å². The van der Waals surface area contributed by atoms with Gasteiger partial charge < -0.3 is 21.1 Å². The highest BCUT2D eigenvalue weighted by Crippen LogP contribution is 2.37. The second kappa shape index (κ2) is 10.1. The van der Waals surface area contributed by atoms with Crippen molar-refractivity contribution in [2.45, 2.75) is 32.7 Å². The van der Waals surface area contributed by atoms with Gasteiger partial charge in [-0.05, 0) is 38.1 Å². The van der Waals surface area contributed by atoms with Gasteiger partial charge in [0, 0.05) is 25.7 Å². The largest absolute Gasteiger partial charge is 0.494 e. The Labute approximate surface area is 209 Å². The number of ether oxygens (including phenoxy) is 1. The molecule has 0 bridgehead atoms. The first-order chi connectivity index (χ1) is 17.2. The first kappa shape index (κ1) is 24.7. The van der Waals surface area contributed by atoms with E-state index in [1.165, 1.54) is 6.20 Å². The predicted octanol–water partition coefficient (Wildman–Crippen LogP) is 3.95. The maximum Gasteiger partial charge on any atom is 0.184 e. The number of rotatable bonds is 9. The molecule has 3 aromatic heterocycles. The number of hydrogen-bond acceptors (Lipinski definition) is 10. The highest BCUT2D eigenvalue weighted by Gasteiger charge is 2.19. The Kier molecular flexibility index (Phi) is 6.93. The number of hydrogen-bond donors (Lipinski definition) is 3. The summed E-state index contributed by atoms with van der Waals surface area (Å²) in [5.41, 5.74) is 8.55. The molecular formula is C25H29N9O2. The van der Waals surface area contributed by atoms with Crippen molar-refractivity contribution in [2.24, 2.45) is 12.8 Å². The van der Waals surface area contributed by atoms with E-state index >= 15 is 0 Å². The standard InChI is InChI=1S/C25H29N9O2/c1-6-19(35)16-13-27-22(30-21-11-10-20(31-32-21)25(2,3)26)12-18(16)29-17-9-7-8-15(23(17)36-5)24-28-14-34(4)33-24/h7-14H,6,26H2,1-5H3,(H2,27,29,30,32). The van der Waals surface area contributed by atoms with E-state index in [0.717, 1.165) is 5.56 Å². The fraction of sp³-hybridized carbons (Fsp3) is 0.280. The normalized spacial score (nSPS) is 11.3. The molecule has 36 heavy (non-hydrogen) atoms. The number of nitrogens with one attached hydrogen (secondary N) is 2. The summed E-state index contributed by atoms with van der Waals surface area (Å²) < 4.78 is 7.33. The number of para-hydroxylation sites is 1. The van der Waals surface area contributed by atoms with E-state index in [9.17, 15) is 4.79 Å². The first-order valence-electron chi connectivity index (χ1n) is 11.4. The molecule has 0 fully saturated rings.